The molecule has 4 fully saturated rings. The highest BCUT2D eigenvalue weighted by atomic mass is 35.5. The van der Waals surface area contributed by atoms with Crippen molar-refractivity contribution in [3.8, 4) is 0 Å². The molecule has 4 rings (SSSR count). The zero-order valence-corrected chi connectivity index (χ0v) is 12.4. The van der Waals surface area contributed by atoms with Gasteiger partial charge in [0.2, 0.25) is 5.91 Å². The molecule has 19 heavy (non-hydrogen) atoms. The summed E-state index contributed by atoms with van der Waals surface area (Å²) in [4.78, 5) is 12.4. The third-order valence-electron chi connectivity index (χ3n) is 6.01. The predicted octanol–water partition coefficient (Wildman–Crippen LogP) is 1.96. The highest BCUT2D eigenvalue weighted by molar-refractivity contribution is 5.85. The lowest BCUT2D eigenvalue weighted by atomic mass is 9.98. The van der Waals surface area contributed by atoms with Gasteiger partial charge in [0, 0.05) is 18.0 Å². The summed E-state index contributed by atoms with van der Waals surface area (Å²) in [5.74, 6) is 4.17. The standard InChI is InChI=1S/C15H24N2O.ClH/c1-8-6-11(4-5-16-8)17-15(18)14-12-9-2-3-10(7-9)13(12)14;/h8-14,16H,2-7H2,1H3,(H,17,18);1H. The summed E-state index contributed by atoms with van der Waals surface area (Å²) < 4.78 is 0. The van der Waals surface area contributed by atoms with E-state index in [0.29, 0.717) is 23.9 Å². The van der Waals surface area contributed by atoms with Gasteiger partial charge in [0.05, 0.1) is 0 Å². The summed E-state index contributed by atoms with van der Waals surface area (Å²) in [7, 11) is 0. The minimum absolute atomic E-state index is 0. The quantitative estimate of drug-likeness (QED) is 0.814. The Hall–Kier alpha value is -0.280. The molecule has 0 radical (unpaired) electrons. The maximum atomic E-state index is 12.4. The van der Waals surface area contributed by atoms with Crippen molar-refractivity contribution in [1.82, 2.24) is 10.6 Å². The van der Waals surface area contributed by atoms with E-state index in [9.17, 15) is 4.79 Å². The topological polar surface area (TPSA) is 41.1 Å². The van der Waals surface area contributed by atoms with Crippen molar-refractivity contribution in [1.29, 1.82) is 0 Å². The van der Waals surface area contributed by atoms with Crippen LogP contribution in [0.4, 0.5) is 0 Å². The summed E-state index contributed by atoms with van der Waals surface area (Å²) in [6, 6.07) is 0.978. The molecule has 1 saturated heterocycles. The second kappa shape index (κ2) is 4.92. The third-order valence-corrected chi connectivity index (χ3v) is 6.01. The number of rotatable bonds is 2. The molecule has 0 spiro atoms. The first kappa shape index (κ1) is 13.7. The van der Waals surface area contributed by atoms with Gasteiger partial charge in [0.1, 0.15) is 0 Å². The predicted molar refractivity (Wildman–Crippen MR) is 77.2 cm³/mol. The van der Waals surface area contributed by atoms with Crippen LogP contribution in [0.1, 0.15) is 39.0 Å². The summed E-state index contributed by atoms with van der Waals surface area (Å²) >= 11 is 0. The van der Waals surface area contributed by atoms with E-state index in [1.165, 1.54) is 19.3 Å². The van der Waals surface area contributed by atoms with Gasteiger partial charge in [-0.3, -0.25) is 4.79 Å². The molecule has 2 bridgehead atoms. The summed E-state index contributed by atoms with van der Waals surface area (Å²) in [5.41, 5.74) is 0. The van der Waals surface area contributed by atoms with Crippen LogP contribution < -0.4 is 10.6 Å². The van der Waals surface area contributed by atoms with E-state index < -0.39 is 0 Å². The van der Waals surface area contributed by atoms with Crippen LogP contribution in [-0.4, -0.2) is 24.5 Å². The molecule has 1 heterocycles. The van der Waals surface area contributed by atoms with Gasteiger partial charge in [-0.2, -0.15) is 0 Å². The highest BCUT2D eigenvalue weighted by Gasteiger charge is 2.67. The molecule has 108 valence electrons. The Labute approximate surface area is 121 Å². The Morgan fingerprint density at radius 3 is 2.42 bits per heavy atom. The molecule has 4 heteroatoms. The summed E-state index contributed by atoms with van der Waals surface area (Å²) in [6.07, 6.45) is 6.44. The Balaban J connectivity index is 0.00000110. The van der Waals surface area contributed by atoms with Crippen molar-refractivity contribution in [2.45, 2.75) is 51.1 Å². The van der Waals surface area contributed by atoms with Gasteiger partial charge in [-0.15, -0.1) is 12.4 Å². The molecule has 6 unspecified atom stereocenters. The molecular formula is C15H25ClN2O. The number of hydrogen-bond donors (Lipinski definition) is 2. The molecule has 3 nitrogen and oxygen atoms in total. The fourth-order valence-electron chi connectivity index (χ4n) is 5.24. The Kier molecular flexibility index (Phi) is 3.55. The molecule has 3 aliphatic carbocycles. The number of amides is 1. The Morgan fingerprint density at radius 2 is 1.79 bits per heavy atom. The average Bonchev–Trinajstić information content (AvgIpc) is 2.79. The molecule has 0 aromatic rings. The number of carbonyl (C=O) groups is 1. The lowest BCUT2D eigenvalue weighted by molar-refractivity contribution is -0.124. The highest BCUT2D eigenvalue weighted by Crippen LogP contribution is 2.69. The van der Waals surface area contributed by atoms with E-state index in [1.54, 1.807) is 0 Å². The van der Waals surface area contributed by atoms with Crippen LogP contribution in [0.5, 0.6) is 0 Å². The maximum absolute atomic E-state index is 12.4. The number of nitrogens with one attached hydrogen (secondary N) is 2. The van der Waals surface area contributed by atoms with Gasteiger partial charge in [0.15, 0.2) is 0 Å². The van der Waals surface area contributed by atoms with Crippen LogP contribution in [0.25, 0.3) is 0 Å². The van der Waals surface area contributed by atoms with Gasteiger partial charge in [-0.1, -0.05) is 0 Å². The zero-order valence-electron chi connectivity index (χ0n) is 11.6. The Bertz CT molecular complexity index is 359. The van der Waals surface area contributed by atoms with Gasteiger partial charge in [-0.05, 0) is 69.2 Å². The number of halogens is 1. The van der Waals surface area contributed by atoms with Crippen molar-refractivity contribution < 1.29 is 4.79 Å². The minimum atomic E-state index is 0. The van der Waals surface area contributed by atoms with Crippen molar-refractivity contribution in [2.75, 3.05) is 6.54 Å². The molecule has 1 aliphatic heterocycles. The van der Waals surface area contributed by atoms with Crippen molar-refractivity contribution >= 4 is 18.3 Å². The first-order valence-electron chi connectivity index (χ1n) is 7.78. The molecule has 3 saturated carbocycles. The first-order valence-corrected chi connectivity index (χ1v) is 7.78. The van der Waals surface area contributed by atoms with Crippen LogP contribution in [0, 0.1) is 29.6 Å². The van der Waals surface area contributed by atoms with Crippen molar-refractivity contribution in [3.63, 3.8) is 0 Å². The monoisotopic (exact) mass is 284 g/mol. The third kappa shape index (κ3) is 2.19. The van der Waals surface area contributed by atoms with E-state index >= 15 is 0 Å². The maximum Gasteiger partial charge on any atom is 0.223 e. The van der Waals surface area contributed by atoms with E-state index in [2.05, 4.69) is 17.6 Å². The van der Waals surface area contributed by atoms with E-state index in [0.717, 1.165) is 43.1 Å². The normalized spacial score (nSPS) is 50.3. The smallest absolute Gasteiger partial charge is 0.223 e. The van der Waals surface area contributed by atoms with E-state index in [4.69, 9.17) is 0 Å². The molecule has 2 N–H and O–H groups in total. The fraction of sp³-hybridized carbons (Fsp3) is 0.933. The number of hydrogen-bond acceptors (Lipinski definition) is 2. The molecule has 4 aliphatic rings. The fourth-order valence-corrected chi connectivity index (χ4v) is 5.24. The number of fused-ring (bicyclic) bond motifs is 5. The Morgan fingerprint density at radius 1 is 1.11 bits per heavy atom. The zero-order chi connectivity index (χ0) is 12.3. The molecular weight excluding hydrogens is 260 g/mol. The van der Waals surface area contributed by atoms with Gasteiger partial charge >= 0.3 is 0 Å². The van der Waals surface area contributed by atoms with Crippen LogP contribution in [0.2, 0.25) is 0 Å². The summed E-state index contributed by atoms with van der Waals surface area (Å²) in [5, 5.41) is 6.77. The second-order valence-electron chi connectivity index (χ2n) is 7.10. The lowest BCUT2D eigenvalue weighted by Crippen LogP contribution is -2.47. The van der Waals surface area contributed by atoms with E-state index in [1.807, 2.05) is 0 Å². The van der Waals surface area contributed by atoms with Gasteiger partial charge in [-0.25, -0.2) is 0 Å². The van der Waals surface area contributed by atoms with Crippen LogP contribution >= 0.6 is 12.4 Å². The van der Waals surface area contributed by atoms with Gasteiger partial charge < -0.3 is 10.6 Å². The molecule has 1 amide bonds. The van der Waals surface area contributed by atoms with E-state index in [-0.39, 0.29) is 12.4 Å². The second-order valence-corrected chi connectivity index (χ2v) is 7.10. The largest absolute Gasteiger partial charge is 0.353 e. The minimum Gasteiger partial charge on any atom is -0.353 e. The van der Waals surface area contributed by atoms with Crippen molar-refractivity contribution in [3.05, 3.63) is 0 Å². The van der Waals surface area contributed by atoms with Crippen LogP contribution in [0.15, 0.2) is 0 Å². The lowest BCUT2D eigenvalue weighted by Gasteiger charge is -2.29. The van der Waals surface area contributed by atoms with Gasteiger partial charge in [0.25, 0.3) is 0 Å². The van der Waals surface area contributed by atoms with Crippen LogP contribution in [0.3, 0.4) is 0 Å². The number of piperidine rings is 1. The average molecular weight is 285 g/mol. The molecule has 0 aromatic carbocycles. The summed E-state index contributed by atoms with van der Waals surface area (Å²) in [6.45, 7) is 3.26. The molecule has 0 aromatic heterocycles. The van der Waals surface area contributed by atoms with Crippen molar-refractivity contribution in [2.24, 2.45) is 29.6 Å². The first-order chi connectivity index (χ1) is 8.74. The SMILES string of the molecule is CC1CC(NC(=O)C2C3C4CCC(C4)C23)CCN1.Cl. The number of carbonyl (C=O) groups excluding carboxylic acids is 1. The molecule has 6 atom stereocenters. The van der Waals surface area contributed by atoms with Crippen LogP contribution in [-0.2, 0) is 4.79 Å².